The maximum absolute atomic E-state index is 13.6. The first-order valence-corrected chi connectivity index (χ1v) is 7.87. The molecule has 1 aliphatic rings. The van der Waals surface area contributed by atoms with Gasteiger partial charge in [-0.2, -0.15) is 0 Å². The lowest BCUT2D eigenvalue weighted by Crippen LogP contribution is -2.30. The van der Waals surface area contributed by atoms with Crippen LogP contribution in [0.1, 0.15) is 24.8 Å². The molecule has 5 heteroatoms. The van der Waals surface area contributed by atoms with E-state index in [-0.39, 0.29) is 5.82 Å². The Morgan fingerprint density at radius 3 is 2.73 bits per heavy atom. The molecule has 1 aliphatic heterocycles. The molecule has 2 heterocycles. The molecule has 0 aliphatic carbocycles. The highest BCUT2D eigenvalue weighted by Crippen LogP contribution is 2.19. The van der Waals surface area contributed by atoms with E-state index in [2.05, 4.69) is 20.2 Å². The number of nitrogens with zero attached hydrogens (tertiary/aromatic N) is 3. The van der Waals surface area contributed by atoms with Crippen LogP contribution < -0.4 is 10.2 Å². The number of aromatic nitrogens is 2. The van der Waals surface area contributed by atoms with Crippen LogP contribution in [0.4, 0.5) is 16.0 Å². The number of piperidine rings is 1. The van der Waals surface area contributed by atoms with Crippen LogP contribution in [0.2, 0.25) is 0 Å². The Morgan fingerprint density at radius 1 is 1.09 bits per heavy atom. The summed E-state index contributed by atoms with van der Waals surface area (Å²) in [6.45, 7) is 2.77. The van der Waals surface area contributed by atoms with Gasteiger partial charge in [-0.25, -0.2) is 14.4 Å². The fourth-order valence-corrected chi connectivity index (χ4v) is 2.77. The highest BCUT2D eigenvalue weighted by atomic mass is 19.1. The molecular formula is C17H21FN4. The van der Waals surface area contributed by atoms with Crippen molar-refractivity contribution in [2.45, 2.75) is 25.7 Å². The van der Waals surface area contributed by atoms with Gasteiger partial charge in [0, 0.05) is 25.7 Å². The summed E-state index contributed by atoms with van der Waals surface area (Å²) in [5, 5.41) is 3.26. The van der Waals surface area contributed by atoms with E-state index in [1.807, 2.05) is 18.2 Å². The molecule has 3 rings (SSSR count). The van der Waals surface area contributed by atoms with Crippen LogP contribution in [0.15, 0.2) is 36.7 Å². The van der Waals surface area contributed by atoms with E-state index in [0.29, 0.717) is 13.0 Å². The molecular weight excluding hydrogens is 279 g/mol. The van der Waals surface area contributed by atoms with Crippen LogP contribution in [-0.2, 0) is 6.42 Å². The van der Waals surface area contributed by atoms with Gasteiger partial charge < -0.3 is 10.2 Å². The summed E-state index contributed by atoms with van der Waals surface area (Å²) >= 11 is 0. The molecule has 0 spiro atoms. The molecule has 4 nitrogen and oxygen atoms in total. The van der Waals surface area contributed by atoms with Gasteiger partial charge in [0.15, 0.2) is 0 Å². The zero-order valence-corrected chi connectivity index (χ0v) is 12.6. The minimum Gasteiger partial charge on any atom is -0.370 e. The third-order valence-electron chi connectivity index (χ3n) is 3.99. The number of hydrogen-bond donors (Lipinski definition) is 1. The Morgan fingerprint density at radius 2 is 1.91 bits per heavy atom. The smallest absolute Gasteiger partial charge is 0.134 e. The summed E-state index contributed by atoms with van der Waals surface area (Å²) < 4.78 is 13.6. The van der Waals surface area contributed by atoms with Gasteiger partial charge in [-0.15, -0.1) is 0 Å². The Labute approximate surface area is 130 Å². The predicted octanol–water partition coefficient (Wildman–Crippen LogP) is 3.26. The van der Waals surface area contributed by atoms with E-state index in [9.17, 15) is 4.39 Å². The molecule has 22 heavy (non-hydrogen) atoms. The van der Waals surface area contributed by atoms with E-state index < -0.39 is 0 Å². The predicted molar refractivity (Wildman–Crippen MR) is 86.7 cm³/mol. The average Bonchev–Trinajstić information content (AvgIpc) is 2.58. The van der Waals surface area contributed by atoms with Crippen molar-refractivity contribution in [2.75, 3.05) is 29.9 Å². The zero-order valence-electron chi connectivity index (χ0n) is 12.6. The highest BCUT2D eigenvalue weighted by molar-refractivity contribution is 5.48. The SMILES string of the molecule is Fc1ccccc1CCNc1cc(N2CCCCC2)ncn1. The molecule has 0 bridgehead atoms. The molecule has 1 fully saturated rings. The van der Waals surface area contributed by atoms with Crippen molar-refractivity contribution in [1.82, 2.24) is 9.97 Å². The van der Waals surface area contributed by atoms with Crippen molar-refractivity contribution in [1.29, 1.82) is 0 Å². The molecule has 1 saturated heterocycles. The fourth-order valence-electron chi connectivity index (χ4n) is 2.77. The Kier molecular flexibility index (Phi) is 4.83. The summed E-state index contributed by atoms with van der Waals surface area (Å²) in [5.74, 6) is 1.62. The molecule has 2 aromatic rings. The van der Waals surface area contributed by atoms with E-state index in [1.54, 1.807) is 12.4 Å². The number of halogens is 1. The zero-order chi connectivity index (χ0) is 15.2. The number of rotatable bonds is 5. The summed E-state index contributed by atoms with van der Waals surface area (Å²) in [6, 6.07) is 8.86. The van der Waals surface area contributed by atoms with Crippen LogP contribution in [0.25, 0.3) is 0 Å². The van der Waals surface area contributed by atoms with Gasteiger partial charge in [-0.3, -0.25) is 0 Å². The second kappa shape index (κ2) is 7.20. The summed E-state index contributed by atoms with van der Waals surface area (Å²) in [7, 11) is 0. The van der Waals surface area contributed by atoms with Gasteiger partial charge in [-0.1, -0.05) is 18.2 Å². The minimum atomic E-state index is -0.152. The summed E-state index contributed by atoms with van der Waals surface area (Å²) in [5.41, 5.74) is 0.723. The minimum absolute atomic E-state index is 0.152. The number of hydrogen-bond acceptors (Lipinski definition) is 4. The normalized spacial score (nSPS) is 14.9. The van der Waals surface area contributed by atoms with Crippen molar-refractivity contribution in [3.05, 3.63) is 48.0 Å². The third kappa shape index (κ3) is 3.72. The second-order valence-corrected chi connectivity index (χ2v) is 5.58. The average molecular weight is 300 g/mol. The van der Waals surface area contributed by atoms with Gasteiger partial charge in [0.25, 0.3) is 0 Å². The largest absolute Gasteiger partial charge is 0.370 e. The van der Waals surface area contributed by atoms with Crippen molar-refractivity contribution >= 4 is 11.6 Å². The van der Waals surface area contributed by atoms with Gasteiger partial charge >= 0.3 is 0 Å². The molecule has 0 amide bonds. The van der Waals surface area contributed by atoms with Gasteiger partial charge in [0.1, 0.15) is 23.8 Å². The van der Waals surface area contributed by atoms with Gasteiger partial charge in [0.05, 0.1) is 0 Å². The number of nitrogens with one attached hydrogen (secondary N) is 1. The van der Waals surface area contributed by atoms with E-state index in [0.717, 1.165) is 30.3 Å². The first kappa shape index (κ1) is 14.8. The Balaban J connectivity index is 1.57. The Hall–Kier alpha value is -2.17. The van der Waals surface area contributed by atoms with Crippen molar-refractivity contribution in [3.63, 3.8) is 0 Å². The first-order chi connectivity index (χ1) is 10.8. The molecule has 1 aromatic heterocycles. The second-order valence-electron chi connectivity index (χ2n) is 5.58. The highest BCUT2D eigenvalue weighted by Gasteiger charge is 2.12. The van der Waals surface area contributed by atoms with Gasteiger partial charge in [0.2, 0.25) is 0 Å². The van der Waals surface area contributed by atoms with Crippen LogP contribution in [0.3, 0.4) is 0 Å². The van der Waals surface area contributed by atoms with Crippen molar-refractivity contribution in [3.8, 4) is 0 Å². The molecule has 0 unspecified atom stereocenters. The van der Waals surface area contributed by atoms with E-state index >= 15 is 0 Å². The van der Waals surface area contributed by atoms with E-state index in [4.69, 9.17) is 0 Å². The van der Waals surface area contributed by atoms with Crippen molar-refractivity contribution < 1.29 is 4.39 Å². The van der Waals surface area contributed by atoms with Crippen LogP contribution >= 0.6 is 0 Å². The fraction of sp³-hybridized carbons (Fsp3) is 0.412. The maximum Gasteiger partial charge on any atom is 0.134 e. The lowest BCUT2D eigenvalue weighted by Gasteiger charge is -2.27. The lowest BCUT2D eigenvalue weighted by molar-refractivity contribution is 0.573. The first-order valence-electron chi connectivity index (χ1n) is 7.87. The molecule has 1 aromatic carbocycles. The standard InChI is InChI=1S/C17H21FN4/c18-15-7-3-2-6-14(15)8-9-19-16-12-17(21-13-20-16)22-10-4-1-5-11-22/h2-3,6-7,12-13H,1,4-5,8-11H2,(H,19,20,21). The van der Waals surface area contributed by atoms with Crippen LogP contribution in [0.5, 0.6) is 0 Å². The molecule has 116 valence electrons. The quantitative estimate of drug-likeness (QED) is 0.920. The van der Waals surface area contributed by atoms with E-state index in [1.165, 1.54) is 25.3 Å². The topological polar surface area (TPSA) is 41.0 Å². The van der Waals surface area contributed by atoms with Crippen LogP contribution in [0, 0.1) is 5.82 Å². The number of anilines is 2. The van der Waals surface area contributed by atoms with Crippen molar-refractivity contribution in [2.24, 2.45) is 0 Å². The molecule has 0 atom stereocenters. The molecule has 0 radical (unpaired) electrons. The summed E-state index contributed by atoms with van der Waals surface area (Å²) in [6.07, 6.45) is 5.97. The monoisotopic (exact) mass is 300 g/mol. The molecule has 1 N–H and O–H groups in total. The lowest BCUT2D eigenvalue weighted by atomic mass is 10.1. The van der Waals surface area contributed by atoms with Gasteiger partial charge in [-0.05, 0) is 37.3 Å². The third-order valence-corrected chi connectivity index (χ3v) is 3.99. The summed E-state index contributed by atoms with van der Waals surface area (Å²) in [4.78, 5) is 10.9. The maximum atomic E-state index is 13.6. The molecule has 0 saturated carbocycles. The van der Waals surface area contributed by atoms with Crippen LogP contribution in [-0.4, -0.2) is 29.6 Å². The number of benzene rings is 1. The Bertz CT molecular complexity index is 611.